The molecular formula is C8H16ClN. The first-order valence-electron chi connectivity index (χ1n) is 4.12. The maximum atomic E-state index is 5.92. The summed E-state index contributed by atoms with van der Waals surface area (Å²) in [5, 5.41) is 0. The van der Waals surface area contributed by atoms with E-state index in [2.05, 4.69) is 0 Å². The van der Waals surface area contributed by atoms with Gasteiger partial charge in [0.1, 0.15) is 0 Å². The van der Waals surface area contributed by atoms with Crippen molar-refractivity contribution in [3.8, 4) is 0 Å². The van der Waals surface area contributed by atoms with E-state index in [1.165, 1.54) is 32.1 Å². The molecule has 3 fully saturated rings. The van der Waals surface area contributed by atoms with Gasteiger partial charge in [-0.3, -0.25) is 0 Å². The Bertz CT molecular complexity index is 108. The molecule has 2 bridgehead atoms. The van der Waals surface area contributed by atoms with Gasteiger partial charge in [-0.15, -0.1) is 12.4 Å². The van der Waals surface area contributed by atoms with Gasteiger partial charge in [0.05, 0.1) is 0 Å². The van der Waals surface area contributed by atoms with Crippen LogP contribution in [0.5, 0.6) is 0 Å². The SMILES string of the molecule is Cl.N[C@@H]1CC2CCC1CC2. The molecule has 0 aromatic heterocycles. The minimum atomic E-state index is 0. The summed E-state index contributed by atoms with van der Waals surface area (Å²) < 4.78 is 0. The number of fused-ring (bicyclic) bond motifs is 3. The molecule has 60 valence electrons. The normalized spacial score (nSPS) is 44.7. The molecule has 0 aliphatic heterocycles. The molecule has 3 aliphatic rings. The van der Waals surface area contributed by atoms with Crippen LogP contribution in [0.15, 0.2) is 0 Å². The number of rotatable bonds is 0. The number of halogens is 1. The van der Waals surface area contributed by atoms with Crippen LogP contribution in [0.1, 0.15) is 32.1 Å². The Balaban J connectivity index is 0.000000500. The topological polar surface area (TPSA) is 26.0 Å². The highest BCUT2D eigenvalue weighted by Gasteiger charge is 2.32. The fourth-order valence-electron chi connectivity index (χ4n) is 2.43. The number of hydrogen-bond acceptors (Lipinski definition) is 1. The highest BCUT2D eigenvalue weighted by molar-refractivity contribution is 5.85. The Morgan fingerprint density at radius 2 is 1.60 bits per heavy atom. The van der Waals surface area contributed by atoms with E-state index in [-0.39, 0.29) is 12.4 Å². The van der Waals surface area contributed by atoms with Gasteiger partial charge >= 0.3 is 0 Å². The van der Waals surface area contributed by atoms with Gasteiger partial charge in [-0.05, 0) is 31.1 Å². The summed E-state index contributed by atoms with van der Waals surface area (Å²) in [6, 6.07) is 0.567. The predicted molar refractivity (Wildman–Crippen MR) is 45.3 cm³/mol. The molecule has 10 heavy (non-hydrogen) atoms. The lowest BCUT2D eigenvalue weighted by molar-refractivity contribution is 0.147. The Hall–Kier alpha value is 0.250. The third-order valence-electron chi connectivity index (χ3n) is 3.10. The molecule has 1 atom stereocenters. The highest BCUT2D eigenvalue weighted by atomic mass is 35.5. The second-order valence-corrected chi connectivity index (χ2v) is 3.68. The Morgan fingerprint density at radius 3 is 1.80 bits per heavy atom. The van der Waals surface area contributed by atoms with E-state index in [0.717, 1.165) is 11.8 Å². The zero-order valence-corrected chi connectivity index (χ0v) is 7.07. The van der Waals surface area contributed by atoms with Crippen LogP contribution in [0.2, 0.25) is 0 Å². The Morgan fingerprint density at radius 1 is 1.00 bits per heavy atom. The minimum Gasteiger partial charge on any atom is -0.327 e. The van der Waals surface area contributed by atoms with Gasteiger partial charge in [-0.2, -0.15) is 0 Å². The summed E-state index contributed by atoms with van der Waals surface area (Å²) in [4.78, 5) is 0. The molecule has 0 aromatic carbocycles. The summed E-state index contributed by atoms with van der Waals surface area (Å²) >= 11 is 0. The van der Waals surface area contributed by atoms with Crippen LogP contribution in [0.4, 0.5) is 0 Å². The molecule has 2 heteroatoms. The van der Waals surface area contributed by atoms with Crippen molar-refractivity contribution in [1.29, 1.82) is 0 Å². The molecule has 3 aliphatic carbocycles. The third-order valence-corrected chi connectivity index (χ3v) is 3.10. The Kier molecular flexibility index (Phi) is 2.59. The van der Waals surface area contributed by atoms with Crippen molar-refractivity contribution in [3.63, 3.8) is 0 Å². The van der Waals surface area contributed by atoms with E-state index in [0.29, 0.717) is 6.04 Å². The molecule has 0 amide bonds. The summed E-state index contributed by atoms with van der Waals surface area (Å²) in [6.07, 6.45) is 7.11. The molecule has 3 saturated carbocycles. The van der Waals surface area contributed by atoms with Crippen molar-refractivity contribution in [1.82, 2.24) is 0 Å². The van der Waals surface area contributed by atoms with Crippen LogP contribution in [-0.2, 0) is 0 Å². The van der Waals surface area contributed by atoms with Gasteiger partial charge in [0.25, 0.3) is 0 Å². The first kappa shape index (κ1) is 8.35. The lowest BCUT2D eigenvalue weighted by Gasteiger charge is -2.40. The molecule has 1 nitrogen and oxygen atoms in total. The van der Waals surface area contributed by atoms with Gasteiger partial charge in [0.2, 0.25) is 0 Å². The van der Waals surface area contributed by atoms with Gasteiger partial charge in [-0.25, -0.2) is 0 Å². The molecule has 0 radical (unpaired) electrons. The van der Waals surface area contributed by atoms with Crippen molar-refractivity contribution in [2.75, 3.05) is 0 Å². The maximum absolute atomic E-state index is 5.92. The number of hydrogen-bond donors (Lipinski definition) is 1. The third kappa shape index (κ3) is 1.30. The van der Waals surface area contributed by atoms with E-state index >= 15 is 0 Å². The quantitative estimate of drug-likeness (QED) is 0.578. The molecule has 2 N–H and O–H groups in total. The standard InChI is InChI=1S/C8H15N.ClH/c9-8-5-6-1-3-7(8)4-2-6;/h6-8H,1-5,9H2;1H/t6?,7?,8-;/m1./s1. The van der Waals surface area contributed by atoms with Crippen molar-refractivity contribution in [2.45, 2.75) is 38.1 Å². The monoisotopic (exact) mass is 161 g/mol. The van der Waals surface area contributed by atoms with Crippen molar-refractivity contribution in [3.05, 3.63) is 0 Å². The van der Waals surface area contributed by atoms with Gasteiger partial charge in [0.15, 0.2) is 0 Å². The van der Waals surface area contributed by atoms with Crippen LogP contribution in [-0.4, -0.2) is 6.04 Å². The van der Waals surface area contributed by atoms with Crippen LogP contribution in [0, 0.1) is 11.8 Å². The fourth-order valence-corrected chi connectivity index (χ4v) is 2.43. The average molecular weight is 162 g/mol. The van der Waals surface area contributed by atoms with Crippen LogP contribution in [0.3, 0.4) is 0 Å². The lowest BCUT2D eigenvalue weighted by Crippen LogP contribution is -2.40. The fraction of sp³-hybridized carbons (Fsp3) is 1.00. The maximum Gasteiger partial charge on any atom is 0.00698 e. The predicted octanol–water partition coefficient (Wildman–Crippen LogP) is 1.95. The van der Waals surface area contributed by atoms with Gasteiger partial charge < -0.3 is 5.73 Å². The van der Waals surface area contributed by atoms with E-state index in [4.69, 9.17) is 5.73 Å². The zero-order chi connectivity index (χ0) is 6.27. The zero-order valence-electron chi connectivity index (χ0n) is 6.25. The van der Waals surface area contributed by atoms with E-state index in [1.54, 1.807) is 0 Å². The second-order valence-electron chi connectivity index (χ2n) is 3.68. The summed E-state index contributed by atoms with van der Waals surface area (Å²) in [6.45, 7) is 0. The van der Waals surface area contributed by atoms with Crippen LogP contribution >= 0.6 is 12.4 Å². The average Bonchev–Trinajstić information content (AvgIpc) is 1.90. The van der Waals surface area contributed by atoms with E-state index < -0.39 is 0 Å². The molecule has 3 rings (SSSR count). The van der Waals surface area contributed by atoms with Gasteiger partial charge in [-0.1, -0.05) is 12.8 Å². The lowest BCUT2D eigenvalue weighted by atomic mass is 9.68. The smallest absolute Gasteiger partial charge is 0.00698 e. The summed E-state index contributed by atoms with van der Waals surface area (Å²) in [7, 11) is 0. The Labute approximate surface area is 68.8 Å². The highest BCUT2D eigenvalue weighted by Crippen LogP contribution is 2.40. The molecule has 0 unspecified atom stereocenters. The molecular weight excluding hydrogens is 146 g/mol. The molecule has 0 saturated heterocycles. The van der Waals surface area contributed by atoms with E-state index in [1.807, 2.05) is 0 Å². The van der Waals surface area contributed by atoms with E-state index in [9.17, 15) is 0 Å². The van der Waals surface area contributed by atoms with Crippen molar-refractivity contribution < 1.29 is 0 Å². The number of nitrogens with two attached hydrogens (primary N) is 1. The first-order chi connectivity index (χ1) is 4.36. The molecule has 0 heterocycles. The molecule has 0 aromatic rings. The van der Waals surface area contributed by atoms with Crippen molar-refractivity contribution in [2.24, 2.45) is 17.6 Å². The van der Waals surface area contributed by atoms with Crippen LogP contribution < -0.4 is 5.73 Å². The largest absolute Gasteiger partial charge is 0.327 e. The summed E-state index contributed by atoms with van der Waals surface area (Å²) in [5.41, 5.74) is 5.92. The minimum absolute atomic E-state index is 0. The molecule has 0 spiro atoms. The summed E-state index contributed by atoms with van der Waals surface area (Å²) in [5.74, 6) is 1.90. The van der Waals surface area contributed by atoms with Crippen LogP contribution in [0.25, 0.3) is 0 Å². The van der Waals surface area contributed by atoms with Crippen molar-refractivity contribution >= 4 is 12.4 Å². The first-order valence-corrected chi connectivity index (χ1v) is 4.12. The van der Waals surface area contributed by atoms with Gasteiger partial charge in [0, 0.05) is 6.04 Å². The second kappa shape index (κ2) is 3.10.